The Balaban J connectivity index is 0.000000206. The van der Waals surface area contributed by atoms with Gasteiger partial charge in [-0.25, -0.2) is 48.0 Å². The van der Waals surface area contributed by atoms with Gasteiger partial charge in [-0.3, -0.25) is 19.2 Å². The number of amides is 7. The number of nitrogens with one attached hydrogen (secondary N) is 3. The van der Waals surface area contributed by atoms with Crippen LogP contribution in [0.3, 0.4) is 0 Å². The number of esters is 3. The van der Waals surface area contributed by atoms with Crippen LogP contribution < -0.4 is 16.0 Å². The number of benzene rings is 8. The molecule has 9 aromatic rings. The van der Waals surface area contributed by atoms with Crippen molar-refractivity contribution in [1.82, 2.24) is 40.7 Å². The van der Waals surface area contributed by atoms with Crippen LogP contribution >= 0.6 is 0 Å². The summed E-state index contributed by atoms with van der Waals surface area (Å²) < 4.78 is 43.5. The van der Waals surface area contributed by atoms with E-state index in [-0.39, 0.29) is 77.1 Å². The summed E-state index contributed by atoms with van der Waals surface area (Å²) in [5, 5.41) is 25.3. The molecule has 28 nitrogen and oxygen atoms in total. The summed E-state index contributed by atoms with van der Waals surface area (Å²) in [6.45, 7) is 25.5. The molecule has 119 heavy (non-hydrogen) atoms. The van der Waals surface area contributed by atoms with Crippen LogP contribution in [0.15, 0.2) is 194 Å². The number of aromatic nitrogens is 3. The van der Waals surface area contributed by atoms with Crippen molar-refractivity contribution in [2.24, 2.45) is 0 Å². The number of alkyl carbamates (subject to hydrolysis) is 3. The van der Waals surface area contributed by atoms with Gasteiger partial charge < -0.3 is 59.0 Å². The third-order valence-corrected chi connectivity index (χ3v) is 18.1. The van der Waals surface area contributed by atoms with Crippen LogP contribution in [0.2, 0.25) is 0 Å². The summed E-state index contributed by atoms with van der Waals surface area (Å²) >= 11 is 0. The van der Waals surface area contributed by atoms with Crippen molar-refractivity contribution in [2.45, 2.75) is 183 Å². The van der Waals surface area contributed by atoms with E-state index in [0.717, 1.165) is 71.6 Å². The molecule has 1 aromatic heterocycles. The Morgan fingerprint density at radius 3 is 1.31 bits per heavy atom. The predicted molar refractivity (Wildman–Crippen MR) is 441 cm³/mol. The second kappa shape index (κ2) is 42.6. The molecule has 2 aliphatic rings. The van der Waals surface area contributed by atoms with E-state index >= 15 is 0 Å². The van der Waals surface area contributed by atoms with E-state index in [2.05, 4.69) is 26.3 Å². The average Bonchev–Trinajstić information content (AvgIpc) is 1.73. The number of para-hydroxylation sites is 1. The number of aliphatic carboxylic acids is 1. The standard InChI is InChI=1S/C34H38N2O7.C24H29NO6.C21H21NO5.C12H16N4O2/c1-22-11-16-28(23(2)17-22)31(38)41-20-25-12-14-26(15-13-25)29(19-35-32(39)43-34(3,4)5)30(37)36-27(21-42-33(36)40)18-24-9-7-6-8-10-24;1-15-6-11-19(16(2)12-15)22(28)30-14-17-7-9-18(10-8-17)20(21(26)27)13-25-23(29)31-24(3,4)5;1-15(23)26-13-18-9-7-17(8-10-18)12-20(24)22-19(14-27-21(22)25)11-16-5-3-2-4-6-16;1-12(2,3)18-11(17)13-8-16-10-7-5-4-6-9(10)14-15-16/h6-17,27,29H,18-21H2,1-5H3,(H,35,39);6-12,20H,13-14H2,1-5H3,(H,25,29)(H,26,27);2-10,19H,11-14H2,1H3;4-7H,8H2,1-3H3,(H,13,17)/t27-,29-;20-;19-;/m111./s1. The highest BCUT2D eigenvalue weighted by Crippen LogP contribution is 2.28. The van der Waals surface area contributed by atoms with Gasteiger partial charge in [-0.05, 0) is 183 Å². The molecule has 3 heterocycles. The molecule has 0 spiro atoms. The van der Waals surface area contributed by atoms with E-state index in [9.17, 15) is 57.8 Å². The zero-order valence-corrected chi connectivity index (χ0v) is 69.5. The van der Waals surface area contributed by atoms with Crippen LogP contribution in [0.1, 0.15) is 169 Å². The third-order valence-electron chi connectivity index (χ3n) is 18.1. The fourth-order valence-electron chi connectivity index (χ4n) is 12.3. The number of fused-ring (bicyclic) bond motifs is 1. The first-order valence-electron chi connectivity index (χ1n) is 38.7. The van der Waals surface area contributed by atoms with Crippen LogP contribution in [0.5, 0.6) is 0 Å². The van der Waals surface area contributed by atoms with Crippen molar-refractivity contribution >= 4 is 77.2 Å². The molecule has 4 N–H and O–H groups in total. The molecular formula is C91H104N8O20. The Kier molecular flexibility index (Phi) is 32.6. The topological polar surface area (TPSA) is 355 Å². The van der Waals surface area contributed by atoms with Gasteiger partial charge in [-0.2, -0.15) is 0 Å². The van der Waals surface area contributed by atoms with E-state index in [4.69, 9.17) is 37.9 Å². The number of rotatable bonds is 24. The van der Waals surface area contributed by atoms with E-state index in [0.29, 0.717) is 35.1 Å². The van der Waals surface area contributed by atoms with Crippen LogP contribution in [0, 0.1) is 27.7 Å². The minimum atomic E-state index is -1.06. The SMILES string of the molecule is CC(=O)OCc1ccc(CC(=O)N2C(=O)OC[C@H]2Cc2ccccc2)cc1.CC(C)(C)OC(=O)NCn1nnc2ccccc21.Cc1ccc(C(=O)OCc2ccc([C@@H](CNC(=O)OC(C)(C)C)C(=O)N3C(=O)OC[C@H]3Cc3ccccc3)cc2)c(C)c1.Cc1ccc(C(=O)OCc2ccc([C@@H](CNC(=O)OC(C)(C)C)C(=O)O)cc2)c(C)c1. The first-order valence-corrected chi connectivity index (χ1v) is 38.7. The number of cyclic esters (lactones) is 2. The Labute approximate surface area is 692 Å². The summed E-state index contributed by atoms with van der Waals surface area (Å²) in [6, 6.07) is 57.9. The van der Waals surface area contributed by atoms with Crippen molar-refractivity contribution in [3.63, 3.8) is 0 Å². The lowest BCUT2D eigenvalue weighted by molar-refractivity contribution is -0.142. The molecule has 2 saturated heterocycles. The fourth-order valence-corrected chi connectivity index (χ4v) is 12.3. The lowest BCUT2D eigenvalue weighted by Gasteiger charge is -2.26. The Hall–Kier alpha value is -13.3. The van der Waals surface area contributed by atoms with Gasteiger partial charge in [0, 0.05) is 20.0 Å². The van der Waals surface area contributed by atoms with E-state index < -0.39 is 89.0 Å². The summed E-state index contributed by atoms with van der Waals surface area (Å²) in [5.41, 5.74) is 10.8. The molecule has 2 aliphatic heterocycles. The molecule has 2 fully saturated rings. The van der Waals surface area contributed by atoms with Gasteiger partial charge in [0.15, 0.2) is 0 Å². The minimum absolute atomic E-state index is 0.0405. The second-order valence-corrected chi connectivity index (χ2v) is 31.5. The third kappa shape index (κ3) is 29.4. The lowest BCUT2D eigenvalue weighted by atomic mass is 9.95. The van der Waals surface area contributed by atoms with Gasteiger partial charge in [0.25, 0.3) is 0 Å². The van der Waals surface area contributed by atoms with Crippen molar-refractivity contribution in [3.05, 3.63) is 272 Å². The molecule has 0 aliphatic carbocycles. The highest BCUT2D eigenvalue weighted by molar-refractivity contribution is 5.98. The minimum Gasteiger partial charge on any atom is -0.481 e. The largest absolute Gasteiger partial charge is 0.481 e. The summed E-state index contributed by atoms with van der Waals surface area (Å²) in [5.74, 6) is -4.85. The van der Waals surface area contributed by atoms with Gasteiger partial charge in [0.2, 0.25) is 11.8 Å². The molecule has 628 valence electrons. The van der Waals surface area contributed by atoms with Gasteiger partial charge in [0.05, 0.1) is 47.0 Å². The fraction of sp³-hybridized carbons (Fsp3) is 0.352. The number of carbonyl (C=O) groups is 11. The number of imide groups is 2. The summed E-state index contributed by atoms with van der Waals surface area (Å²) in [6.07, 6.45) is -2.01. The summed E-state index contributed by atoms with van der Waals surface area (Å²) in [7, 11) is 0. The zero-order chi connectivity index (χ0) is 86.7. The quantitative estimate of drug-likeness (QED) is 0.0322. The van der Waals surface area contributed by atoms with Gasteiger partial charge in [-0.15, -0.1) is 5.10 Å². The number of carboxylic acids is 1. The normalized spacial score (nSPS) is 14.1. The van der Waals surface area contributed by atoms with Crippen molar-refractivity contribution in [2.75, 3.05) is 26.3 Å². The van der Waals surface area contributed by atoms with Gasteiger partial charge in [0.1, 0.15) is 62.0 Å². The number of aryl methyl sites for hydroxylation is 4. The van der Waals surface area contributed by atoms with E-state index in [1.807, 2.05) is 158 Å². The first kappa shape index (κ1) is 91.3. The summed E-state index contributed by atoms with van der Waals surface area (Å²) in [4.78, 5) is 137. The second-order valence-electron chi connectivity index (χ2n) is 31.5. The van der Waals surface area contributed by atoms with Gasteiger partial charge >= 0.3 is 54.3 Å². The van der Waals surface area contributed by atoms with Crippen LogP contribution in [0.4, 0.5) is 24.0 Å². The lowest BCUT2D eigenvalue weighted by Crippen LogP contribution is -2.46. The molecule has 0 unspecified atom stereocenters. The Morgan fingerprint density at radius 1 is 0.471 bits per heavy atom. The van der Waals surface area contributed by atoms with Crippen molar-refractivity contribution < 1.29 is 95.7 Å². The number of carbonyl (C=O) groups excluding carboxylic acids is 10. The van der Waals surface area contributed by atoms with Gasteiger partial charge in [-0.1, -0.05) is 186 Å². The van der Waals surface area contributed by atoms with E-state index in [1.165, 1.54) is 11.8 Å². The number of ether oxygens (including phenoxy) is 8. The molecule has 4 atom stereocenters. The number of hydrogen-bond donors (Lipinski definition) is 4. The van der Waals surface area contributed by atoms with Crippen LogP contribution in [-0.2, 0) is 103 Å². The predicted octanol–water partition coefficient (Wildman–Crippen LogP) is 15.0. The van der Waals surface area contributed by atoms with Crippen molar-refractivity contribution in [3.8, 4) is 0 Å². The maximum Gasteiger partial charge on any atom is 0.417 e. The van der Waals surface area contributed by atoms with Crippen molar-refractivity contribution in [1.29, 1.82) is 0 Å². The van der Waals surface area contributed by atoms with Crippen LogP contribution in [-0.4, -0.2) is 151 Å². The number of carboxylic acid groups (broad SMARTS) is 1. The highest BCUT2D eigenvalue weighted by Gasteiger charge is 2.42. The highest BCUT2D eigenvalue weighted by atomic mass is 16.6. The molecule has 7 amide bonds. The monoisotopic (exact) mass is 1630 g/mol. The molecule has 0 radical (unpaired) electrons. The zero-order valence-electron chi connectivity index (χ0n) is 69.5. The van der Waals surface area contributed by atoms with Crippen LogP contribution in [0.25, 0.3) is 11.0 Å². The molecule has 8 aromatic carbocycles. The molecular weight excluding hydrogens is 1530 g/mol. The first-order chi connectivity index (χ1) is 56.3. The van der Waals surface area contributed by atoms with E-state index in [1.54, 1.807) is 131 Å². The maximum atomic E-state index is 13.9. The molecule has 0 saturated carbocycles. The number of hydrogen-bond acceptors (Lipinski definition) is 21. The molecule has 11 rings (SSSR count). The molecule has 0 bridgehead atoms. The maximum absolute atomic E-state index is 13.9. The molecule has 28 heteroatoms. The average molecular weight is 1630 g/mol. The number of nitrogens with zero attached hydrogens (tertiary/aromatic N) is 5. The Morgan fingerprint density at radius 2 is 0.866 bits per heavy atom. The smallest absolute Gasteiger partial charge is 0.417 e. The Bertz CT molecular complexity index is 5000.